The van der Waals surface area contributed by atoms with E-state index in [4.69, 9.17) is 16.3 Å². The molecule has 0 saturated heterocycles. The molecule has 136 valence electrons. The number of amides is 1. The molecule has 0 saturated carbocycles. The number of carbonyl (C=O) groups excluding carboxylic acids is 1. The van der Waals surface area contributed by atoms with Crippen LogP contribution in [-0.4, -0.2) is 28.8 Å². The number of nitro benzene ring substituents is 1. The molecule has 0 aliphatic heterocycles. The van der Waals surface area contributed by atoms with Crippen molar-refractivity contribution in [2.24, 2.45) is 5.10 Å². The summed E-state index contributed by atoms with van der Waals surface area (Å²) in [6.07, 6.45) is 1.14. The maximum Gasteiger partial charge on any atom is 0.273 e. The Balaban J connectivity index is 2.05. The van der Waals surface area contributed by atoms with E-state index < -0.39 is 10.8 Å². The lowest BCUT2D eigenvalue weighted by Crippen LogP contribution is -2.20. The maximum atomic E-state index is 11.9. The third-order valence-electron chi connectivity index (χ3n) is 3.29. The monoisotopic (exact) mass is 377 g/mol. The van der Waals surface area contributed by atoms with Crippen LogP contribution in [0.4, 0.5) is 5.69 Å². The van der Waals surface area contributed by atoms with Gasteiger partial charge in [0.05, 0.1) is 29.2 Å². The number of ether oxygens (including phenoxy) is 1. The molecule has 0 unspecified atom stereocenters. The number of benzene rings is 2. The first-order chi connectivity index (χ1) is 12.4. The molecule has 2 N–H and O–H groups in total. The smallest absolute Gasteiger partial charge is 0.273 e. The van der Waals surface area contributed by atoms with Gasteiger partial charge in [0, 0.05) is 11.6 Å². The summed E-state index contributed by atoms with van der Waals surface area (Å²) >= 11 is 5.91. The maximum absolute atomic E-state index is 11.9. The zero-order valence-electron chi connectivity index (χ0n) is 13.8. The Kier molecular flexibility index (Phi) is 6.51. The molecule has 2 aromatic carbocycles. The second-order valence-corrected chi connectivity index (χ2v) is 5.55. The first-order valence-corrected chi connectivity index (χ1v) is 7.99. The van der Waals surface area contributed by atoms with Gasteiger partial charge >= 0.3 is 0 Å². The molecule has 1 amide bonds. The highest BCUT2D eigenvalue weighted by Gasteiger charge is 2.15. The van der Waals surface area contributed by atoms with Crippen LogP contribution in [0.25, 0.3) is 0 Å². The predicted molar refractivity (Wildman–Crippen MR) is 96.8 cm³/mol. The molecule has 0 aliphatic carbocycles. The molecule has 0 fully saturated rings. The van der Waals surface area contributed by atoms with Crippen LogP contribution in [0, 0.1) is 10.1 Å². The lowest BCUT2D eigenvalue weighted by molar-refractivity contribution is -0.385. The molecule has 0 radical (unpaired) electrons. The van der Waals surface area contributed by atoms with E-state index in [1.807, 2.05) is 0 Å². The van der Waals surface area contributed by atoms with Gasteiger partial charge < -0.3 is 9.84 Å². The number of nitro groups is 1. The standard InChI is InChI=1S/C17H16ClN3O5/c1-2-26-15-8-11(7-13(18)17(15)23)10-19-20-16(22)9-12-5-3-4-6-14(12)21(24)25/h3-8,10,23H,2,9H2,1H3,(H,20,22). The van der Waals surface area contributed by atoms with Crippen molar-refractivity contribution < 1.29 is 19.6 Å². The number of aromatic hydroxyl groups is 1. The Hall–Kier alpha value is -3.13. The second kappa shape index (κ2) is 8.82. The SMILES string of the molecule is CCOc1cc(C=NNC(=O)Cc2ccccc2[N+](=O)[O-])cc(Cl)c1O. The molecule has 2 aromatic rings. The molecule has 0 aliphatic rings. The van der Waals surface area contributed by atoms with Gasteiger partial charge in [-0.3, -0.25) is 14.9 Å². The first kappa shape index (κ1) is 19.2. The van der Waals surface area contributed by atoms with Crippen LogP contribution >= 0.6 is 11.6 Å². The van der Waals surface area contributed by atoms with E-state index in [-0.39, 0.29) is 34.2 Å². The largest absolute Gasteiger partial charge is 0.503 e. The Morgan fingerprint density at radius 1 is 1.42 bits per heavy atom. The summed E-state index contributed by atoms with van der Waals surface area (Å²) in [5.41, 5.74) is 2.96. The van der Waals surface area contributed by atoms with Crippen molar-refractivity contribution in [2.75, 3.05) is 6.61 Å². The van der Waals surface area contributed by atoms with Crippen LogP contribution in [0.5, 0.6) is 11.5 Å². The summed E-state index contributed by atoms with van der Waals surface area (Å²) < 4.78 is 5.25. The van der Waals surface area contributed by atoms with Crippen molar-refractivity contribution in [3.05, 3.63) is 62.7 Å². The Morgan fingerprint density at radius 2 is 2.15 bits per heavy atom. The number of nitrogens with zero attached hydrogens (tertiary/aromatic N) is 2. The average Bonchev–Trinajstić information content (AvgIpc) is 2.59. The number of nitrogens with one attached hydrogen (secondary N) is 1. The number of rotatable bonds is 7. The minimum Gasteiger partial charge on any atom is -0.503 e. The van der Waals surface area contributed by atoms with Gasteiger partial charge in [-0.1, -0.05) is 29.8 Å². The number of para-hydroxylation sites is 1. The number of hydrogen-bond donors (Lipinski definition) is 2. The highest BCUT2D eigenvalue weighted by molar-refractivity contribution is 6.32. The zero-order valence-corrected chi connectivity index (χ0v) is 14.6. The lowest BCUT2D eigenvalue weighted by atomic mass is 10.1. The molecule has 0 aromatic heterocycles. The van der Waals surface area contributed by atoms with E-state index in [1.54, 1.807) is 13.0 Å². The van der Waals surface area contributed by atoms with Gasteiger partial charge in [-0.2, -0.15) is 5.10 Å². The van der Waals surface area contributed by atoms with Crippen molar-refractivity contribution >= 4 is 29.4 Å². The van der Waals surface area contributed by atoms with Gasteiger partial charge in [0.1, 0.15) is 0 Å². The molecular weight excluding hydrogens is 362 g/mol. The quantitative estimate of drug-likeness (QED) is 0.437. The lowest BCUT2D eigenvalue weighted by Gasteiger charge is -2.08. The van der Waals surface area contributed by atoms with Gasteiger partial charge in [0.25, 0.3) is 5.69 Å². The van der Waals surface area contributed by atoms with Gasteiger partial charge in [-0.15, -0.1) is 0 Å². The highest BCUT2D eigenvalue weighted by Crippen LogP contribution is 2.34. The van der Waals surface area contributed by atoms with Crippen LogP contribution in [0.2, 0.25) is 5.02 Å². The Morgan fingerprint density at radius 3 is 2.85 bits per heavy atom. The van der Waals surface area contributed by atoms with E-state index in [2.05, 4.69) is 10.5 Å². The number of carbonyl (C=O) groups is 1. The Labute approximate surface area is 154 Å². The van der Waals surface area contributed by atoms with Crippen LogP contribution in [0.1, 0.15) is 18.1 Å². The van der Waals surface area contributed by atoms with Crippen LogP contribution in [0.3, 0.4) is 0 Å². The highest BCUT2D eigenvalue weighted by atomic mass is 35.5. The molecule has 0 atom stereocenters. The number of hydrazone groups is 1. The minimum absolute atomic E-state index is 0.0867. The van der Waals surface area contributed by atoms with Crippen molar-refractivity contribution in [3.63, 3.8) is 0 Å². The third kappa shape index (κ3) is 4.93. The van der Waals surface area contributed by atoms with Crippen LogP contribution in [-0.2, 0) is 11.2 Å². The molecule has 0 spiro atoms. The summed E-state index contributed by atoms with van der Waals surface area (Å²) in [5, 5.41) is 24.6. The van der Waals surface area contributed by atoms with Crippen molar-refractivity contribution in [2.45, 2.75) is 13.3 Å². The van der Waals surface area contributed by atoms with E-state index in [0.29, 0.717) is 12.2 Å². The number of phenolic OH excluding ortho intramolecular Hbond substituents is 1. The fourth-order valence-corrected chi connectivity index (χ4v) is 2.38. The van der Waals surface area contributed by atoms with Crippen molar-refractivity contribution in [1.29, 1.82) is 0 Å². The van der Waals surface area contributed by atoms with Gasteiger partial charge in [0.2, 0.25) is 5.91 Å². The molecule has 2 rings (SSSR count). The van der Waals surface area contributed by atoms with E-state index in [9.17, 15) is 20.0 Å². The van der Waals surface area contributed by atoms with E-state index in [1.165, 1.54) is 36.5 Å². The van der Waals surface area contributed by atoms with E-state index in [0.717, 1.165) is 0 Å². The fraction of sp³-hybridized carbons (Fsp3) is 0.176. The zero-order chi connectivity index (χ0) is 19.1. The average molecular weight is 378 g/mol. The fourth-order valence-electron chi connectivity index (χ4n) is 2.16. The summed E-state index contributed by atoms with van der Waals surface area (Å²) in [6, 6.07) is 8.96. The molecule has 26 heavy (non-hydrogen) atoms. The Bertz CT molecular complexity index is 854. The van der Waals surface area contributed by atoms with Crippen molar-refractivity contribution in [1.82, 2.24) is 5.43 Å². The normalized spacial score (nSPS) is 10.7. The number of halogens is 1. The van der Waals surface area contributed by atoms with Crippen molar-refractivity contribution in [3.8, 4) is 11.5 Å². The summed E-state index contributed by atoms with van der Waals surface area (Å²) in [6.45, 7) is 2.11. The molecular formula is C17H16ClN3O5. The summed E-state index contributed by atoms with van der Waals surface area (Å²) in [4.78, 5) is 22.3. The summed E-state index contributed by atoms with van der Waals surface area (Å²) in [5.74, 6) is -0.482. The molecule has 8 nitrogen and oxygen atoms in total. The van der Waals surface area contributed by atoms with E-state index >= 15 is 0 Å². The van der Waals surface area contributed by atoms with Gasteiger partial charge in [-0.05, 0) is 24.6 Å². The molecule has 9 heteroatoms. The summed E-state index contributed by atoms with van der Waals surface area (Å²) in [7, 11) is 0. The first-order valence-electron chi connectivity index (χ1n) is 7.62. The molecule has 0 heterocycles. The number of hydrogen-bond acceptors (Lipinski definition) is 6. The third-order valence-corrected chi connectivity index (χ3v) is 3.58. The predicted octanol–water partition coefficient (Wildman–Crippen LogP) is 3.05. The topological polar surface area (TPSA) is 114 Å². The number of phenols is 1. The van der Waals surface area contributed by atoms with Gasteiger partial charge in [0.15, 0.2) is 11.5 Å². The molecule has 0 bridgehead atoms. The van der Waals surface area contributed by atoms with Crippen LogP contribution in [0.15, 0.2) is 41.5 Å². The van der Waals surface area contributed by atoms with Crippen LogP contribution < -0.4 is 10.2 Å². The van der Waals surface area contributed by atoms with Gasteiger partial charge in [-0.25, -0.2) is 5.43 Å². The second-order valence-electron chi connectivity index (χ2n) is 5.14. The minimum atomic E-state index is -0.542.